The van der Waals surface area contributed by atoms with Gasteiger partial charge in [-0.15, -0.1) is 0 Å². The van der Waals surface area contributed by atoms with E-state index in [9.17, 15) is 27.4 Å². The molecule has 36 heavy (non-hydrogen) atoms. The van der Waals surface area contributed by atoms with E-state index in [2.05, 4.69) is 4.99 Å². The molecule has 3 aromatic carbocycles. The molecule has 0 amide bonds. The van der Waals surface area contributed by atoms with Crippen LogP contribution in [0.15, 0.2) is 71.1 Å². The minimum atomic E-state index is -6.00. The Labute approximate surface area is 206 Å². The van der Waals surface area contributed by atoms with Crippen molar-refractivity contribution in [1.82, 2.24) is 0 Å². The highest BCUT2D eigenvalue weighted by Gasteiger charge is 2.20. The number of nitrogens with one attached hydrogen (secondary N) is 1. The second kappa shape index (κ2) is 11.1. The lowest BCUT2D eigenvalue weighted by atomic mass is 10.1. The average molecular weight is 525 g/mol. The van der Waals surface area contributed by atoms with E-state index >= 15 is 0 Å². The molecule has 4 aromatic rings. The SMILES string of the molecule is COc1ccc(-c2cc(=[NH+]c3ccc(Cl)c([N+](=O)[O-])c3)c3ccccc3o2)cc1OC.F[B-](F)(F)F. The van der Waals surface area contributed by atoms with Gasteiger partial charge in [-0.25, -0.2) is 4.99 Å². The zero-order valence-electron chi connectivity index (χ0n) is 18.8. The third-order valence-electron chi connectivity index (χ3n) is 4.76. The van der Waals surface area contributed by atoms with Crippen molar-refractivity contribution in [1.29, 1.82) is 0 Å². The van der Waals surface area contributed by atoms with E-state index in [0.29, 0.717) is 28.5 Å². The lowest BCUT2D eigenvalue weighted by Crippen LogP contribution is -2.70. The van der Waals surface area contributed by atoms with E-state index in [4.69, 9.17) is 25.5 Å². The number of rotatable bonds is 5. The van der Waals surface area contributed by atoms with Gasteiger partial charge in [0.05, 0.1) is 36.7 Å². The average Bonchev–Trinajstić information content (AvgIpc) is 2.83. The van der Waals surface area contributed by atoms with Gasteiger partial charge in [-0.2, -0.15) is 0 Å². The van der Waals surface area contributed by atoms with Crippen molar-refractivity contribution < 1.29 is 41.1 Å². The van der Waals surface area contributed by atoms with Crippen LogP contribution in [-0.4, -0.2) is 26.4 Å². The van der Waals surface area contributed by atoms with Crippen LogP contribution in [0.3, 0.4) is 0 Å². The summed E-state index contributed by atoms with van der Waals surface area (Å²) in [5.74, 6) is 1.77. The first-order chi connectivity index (χ1) is 17.0. The monoisotopic (exact) mass is 524 g/mol. The number of fused-ring (bicyclic) bond motifs is 1. The number of benzene rings is 3. The Morgan fingerprint density at radius 2 is 1.61 bits per heavy atom. The number of methoxy groups -OCH3 is 2. The molecule has 1 N–H and O–H groups in total. The quantitative estimate of drug-likeness (QED) is 0.166. The smallest absolute Gasteiger partial charge is 0.493 e. The molecule has 4 rings (SSSR count). The van der Waals surface area contributed by atoms with Gasteiger partial charge in [0.2, 0.25) is 11.0 Å². The number of ether oxygens (including phenoxy) is 2. The summed E-state index contributed by atoms with van der Waals surface area (Å²) in [4.78, 5) is 14.0. The molecule has 1 aromatic heterocycles. The third-order valence-corrected chi connectivity index (χ3v) is 5.08. The van der Waals surface area contributed by atoms with Crippen LogP contribution in [0.25, 0.3) is 22.3 Å². The summed E-state index contributed by atoms with van der Waals surface area (Å²) in [6.45, 7) is 0. The van der Waals surface area contributed by atoms with Crippen LogP contribution in [0.2, 0.25) is 5.02 Å². The standard InChI is InChI=1S/C23H17ClN2O5.BF4/c1-29-21-10-7-14(11-23(21)30-2)22-13-18(16-5-3-4-6-20(16)31-22)25-15-8-9-17(24)19(12-15)26(27)28;2-1(3,4)5/h3-13H,1-2H3;/q;-1/p+1. The van der Waals surface area contributed by atoms with Crippen LogP contribution in [-0.2, 0) is 0 Å². The molecule has 0 aliphatic heterocycles. The molecule has 0 fully saturated rings. The molecule has 0 saturated carbocycles. The fraction of sp³-hybridized carbons (Fsp3) is 0.0870. The second-order valence-electron chi connectivity index (χ2n) is 7.13. The number of halogens is 5. The van der Waals surface area contributed by atoms with Crippen molar-refractivity contribution >= 4 is 41.2 Å². The van der Waals surface area contributed by atoms with Gasteiger partial charge in [0.1, 0.15) is 16.4 Å². The molecule has 1 heterocycles. The van der Waals surface area contributed by atoms with E-state index in [0.717, 1.165) is 16.3 Å². The molecule has 0 unspecified atom stereocenters. The molecule has 7 nitrogen and oxygen atoms in total. The minimum absolute atomic E-state index is 0.0782. The molecule has 13 heteroatoms. The maximum Gasteiger partial charge on any atom is 0.673 e. The van der Waals surface area contributed by atoms with E-state index in [1.165, 1.54) is 12.1 Å². The Hall–Kier alpha value is -4.06. The first-order valence-electron chi connectivity index (χ1n) is 10.2. The van der Waals surface area contributed by atoms with Crippen molar-refractivity contribution in [3.63, 3.8) is 0 Å². The second-order valence-corrected chi connectivity index (χ2v) is 7.54. The van der Waals surface area contributed by atoms with Crippen molar-refractivity contribution in [3.8, 4) is 22.8 Å². The van der Waals surface area contributed by atoms with Crippen LogP contribution in [0.4, 0.5) is 28.6 Å². The van der Waals surface area contributed by atoms with Gasteiger partial charge < -0.3 is 31.2 Å². The van der Waals surface area contributed by atoms with Gasteiger partial charge >= 0.3 is 7.25 Å². The molecule has 0 saturated heterocycles. The zero-order chi connectivity index (χ0) is 26.5. The molecule has 0 aliphatic carbocycles. The van der Waals surface area contributed by atoms with Crippen LogP contribution >= 0.6 is 11.6 Å². The van der Waals surface area contributed by atoms with Crippen LogP contribution < -0.4 is 19.8 Å². The van der Waals surface area contributed by atoms with Gasteiger partial charge in [-0.3, -0.25) is 10.1 Å². The molecule has 0 spiro atoms. The summed E-state index contributed by atoms with van der Waals surface area (Å²) in [7, 11) is -2.86. The maximum absolute atomic E-state index is 11.2. The zero-order valence-corrected chi connectivity index (χ0v) is 19.6. The molecule has 0 atom stereocenters. The fourth-order valence-corrected chi connectivity index (χ4v) is 3.44. The number of nitrogens with zero attached hydrogens (tertiary/aromatic N) is 1. The first-order valence-corrected chi connectivity index (χ1v) is 10.5. The third kappa shape index (κ3) is 6.75. The summed E-state index contributed by atoms with van der Waals surface area (Å²) in [5.41, 5.74) is 1.80. The van der Waals surface area contributed by atoms with Gasteiger partial charge in [0.15, 0.2) is 11.5 Å². The minimum Gasteiger partial charge on any atom is -0.493 e. The van der Waals surface area contributed by atoms with Crippen LogP contribution in [0.1, 0.15) is 0 Å². The topological polar surface area (TPSA) is 88.7 Å². The summed E-state index contributed by atoms with van der Waals surface area (Å²) in [6, 6.07) is 19.4. The summed E-state index contributed by atoms with van der Waals surface area (Å²) >= 11 is 5.94. The molecule has 0 radical (unpaired) electrons. The van der Waals surface area contributed by atoms with E-state index in [-0.39, 0.29) is 10.7 Å². The number of para-hydroxylation sites is 1. The lowest BCUT2D eigenvalue weighted by molar-refractivity contribution is -0.405. The predicted octanol–water partition coefficient (Wildman–Crippen LogP) is 5.29. The number of hydrogen-bond acceptors (Lipinski definition) is 5. The molecular weight excluding hydrogens is 507 g/mol. The van der Waals surface area contributed by atoms with Gasteiger partial charge in [-0.05, 0) is 36.4 Å². The van der Waals surface area contributed by atoms with Crippen LogP contribution in [0.5, 0.6) is 11.5 Å². The molecule has 0 aliphatic rings. The number of nitro benzene ring substituents is 1. The summed E-state index contributed by atoms with van der Waals surface area (Å²) < 4.78 is 55.8. The van der Waals surface area contributed by atoms with Crippen molar-refractivity contribution in [2.45, 2.75) is 0 Å². The molecule has 0 bridgehead atoms. The van der Waals surface area contributed by atoms with E-state index < -0.39 is 12.2 Å². The summed E-state index contributed by atoms with van der Waals surface area (Å²) in [6.07, 6.45) is 0. The fourth-order valence-electron chi connectivity index (χ4n) is 3.26. The highest BCUT2D eigenvalue weighted by atomic mass is 35.5. The highest BCUT2D eigenvalue weighted by Crippen LogP contribution is 2.32. The number of nitro groups is 1. The lowest BCUT2D eigenvalue weighted by Gasteiger charge is -2.09. The Bertz CT molecular complexity index is 1470. The highest BCUT2D eigenvalue weighted by molar-refractivity contribution is 6.50. The normalized spacial score (nSPS) is 11.6. The molecular formula is C23H18BClF4N2O5. The maximum atomic E-state index is 11.2. The Kier molecular flexibility index (Phi) is 8.20. The Balaban J connectivity index is 0.000000658. The summed E-state index contributed by atoms with van der Waals surface area (Å²) in [5, 5.41) is 12.9. The Morgan fingerprint density at radius 3 is 2.25 bits per heavy atom. The molecule has 188 valence electrons. The van der Waals surface area contributed by atoms with Crippen molar-refractivity contribution in [2.24, 2.45) is 0 Å². The van der Waals surface area contributed by atoms with Gasteiger partial charge in [-0.1, -0.05) is 23.7 Å². The predicted molar refractivity (Wildman–Crippen MR) is 127 cm³/mol. The number of hydrogen-bond donors (Lipinski definition) is 1. The van der Waals surface area contributed by atoms with Gasteiger partial charge in [0, 0.05) is 11.6 Å². The van der Waals surface area contributed by atoms with E-state index in [1.807, 2.05) is 42.5 Å². The first kappa shape index (κ1) is 26.5. The van der Waals surface area contributed by atoms with E-state index in [1.54, 1.807) is 26.4 Å². The van der Waals surface area contributed by atoms with Crippen molar-refractivity contribution in [3.05, 3.63) is 87.2 Å². The van der Waals surface area contributed by atoms with Gasteiger partial charge in [0.25, 0.3) is 5.69 Å². The van der Waals surface area contributed by atoms with Crippen LogP contribution in [0, 0.1) is 10.1 Å². The largest absolute Gasteiger partial charge is 0.673 e. The Morgan fingerprint density at radius 1 is 0.944 bits per heavy atom. The van der Waals surface area contributed by atoms with Crippen molar-refractivity contribution in [2.75, 3.05) is 14.2 Å².